The van der Waals surface area contributed by atoms with E-state index in [1.54, 1.807) is 4.90 Å². The van der Waals surface area contributed by atoms with Crippen LogP contribution in [-0.4, -0.2) is 13.0 Å². The first-order chi connectivity index (χ1) is 7.41. The Hall–Kier alpha value is -1.35. The van der Waals surface area contributed by atoms with Gasteiger partial charge < -0.3 is 10.6 Å². The number of nitrogens with two attached hydrogens (primary N) is 1. The van der Waals surface area contributed by atoms with E-state index >= 15 is 0 Å². The Kier molecular flexibility index (Phi) is 2.50. The van der Waals surface area contributed by atoms with E-state index in [0.717, 1.165) is 17.7 Å². The third-order valence-corrected chi connectivity index (χ3v) is 3.17. The van der Waals surface area contributed by atoms with E-state index in [2.05, 4.69) is 6.07 Å². The zero-order chi connectivity index (χ0) is 11.9. The Morgan fingerprint density at radius 3 is 2.62 bits per heavy atom. The summed E-state index contributed by atoms with van der Waals surface area (Å²) in [6.45, 7) is 4.00. The fourth-order valence-electron chi connectivity index (χ4n) is 2.29. The maximum atomic E-state index is 11.6. The van der Waals surface area contributed by atoms with Gasteiger partial charge in [0, 0.05) is 24.7 Å². The summed E-state index contributed by atoms with van der Waals surface area (Å²) in [5.74, 6) is 0.180. The molecule has 0 spiro atoms. The Balaban J connectivity index is 2.57. The molecule has 0 aliphatic carbocycles. The van der Waals surface area contributed by atoms with Gasteiger partial charge in [0.1, 0.15) is 0 Å². The van der Waals surface area contributed by atoms with Crippen molar-refractivity contribution in [2.24, 2.45) is 5.73 Å². The van der Waals surface area contributed by atoms with Gasteiger partial charge in [0.25, 0.3) is 0 Å². The molecule has 2 rings (SSSR count). The smallest absolute Gasteiger partial charge is 0.227 e. The Labute approximate surface area is 96.2 Å². The average Bonchev–Trinajstić information content (AvgIpc) is 2.21. The number of carbonyl (C=O) groups is 1. The molecule has 0 fully saturated rings. The lowest BCUT2D eigenvalue weighted by Crippen LogP contribution is -2.35. The van der Waals surface area contributed by atoms with Gasteiger partial charge in [-0.15, -0.1) is 0 Å². The van der Waals surface area contributed by atoms with E-state index in [0.29, 0.717) is 6.42 Å². The quantitative estimate of drug-likeness (QED) is 0.781. The van der Waals surface area contributed by atoms with Crippen LogP contribution in [-0.2, 0) is 16.8 Å². The fourth-order valence-corrected chi connectivity index (χ4v) is 2.29. The van der Waals surface area contributed by atoms with Crippen LogP contribution in [0.5, 0.6) is 0 Å². The van der Waals surface area contributed by atoms with Crippen LogP contribution in [0.25, 0.3) is 0 Å². The molecule has 1 aromatic carbocycles. The highest BCUT2D eigenvalue weighted by molar-refractivity contribution is 5.96. The second-order valence-corrected chi connectivity index (χ2v) is 4.98. The number of nitrogens with zero attached hydrogens (tertiary/aromatic N) is 1. The molecule has 0 aromatic heterocycles. The van der Waals surface area contributed by atoms with Gasteiger partial charge in [0.2, 0.25) is 5.91 Å². The highest BCUT2D eigenvalue weighted by atomic mass is 16.2. The fraction of sp³-hybridized carbons (Fsp3) is 0.462. The summed E-state index contributed by atoms with van der Waals surface area (Å²) < 4.78 is 0. The van der Waals surface area contributed by atoms with Crippen molar-refractivity contribution < 1.29 is 4.79 Å². The van der Waals surface area contributed by atoms with Crippen molar-refractivity contribution in [1.29, 1.82) is 0 Å². The Bertz CT molecular complexity index is 432. The van der Waals surface area contributed by atoms with Gasteiger partial charge in [-0.3, -0.25) is 4.79 Å². The molecule has 0 saturated carbocycles. The molecule has 16 heavy (non-hydrogen) atoms. The highest BCUT2D eigenvalue weighted by Gasteiger charge is 2.26. The first-order valence-electron chi connectivity index (χ1n) is 5.59. The zero-order valence-electron chi connectivity index (χ0n) is 10.1. The second-order valence-electron chi connectivity index (χ2n) is 4.98. The van der Waals surface area contributed by atoms with Gasteiger partial charge in [0.15, 0.2) is 0 Å². The number of fused-ring (bicyclic) bond motifs is 1. The molecule has 1 aliphatic heterocycles. The normalized spacial score (nSPS) is 16.2. The van der Waals surface area contributed by atoms with Crippen molar-refractivity contribution >= 4 is 11.6 Å². The minimum absolute atomic E-state index is 0.180. The topological polar surface area (TPSA) is 46.3 Å². The third kappa shape index (κ3) is 1.71. The lowest BCUT2D eigenvalue weighted by Gasteiger charge is -2.31. The number of carbonyl (C=O) groups excluding carboxylic acids is 1. The summed E-state index contributed by atoms with van der Waals surface area (Å²) in [5.41, 5.74) is 9.17. The summed E-state index contributed by atoms with van der Waals surface area (Å²) in [4.78, 5) is 13.3. The Morgan fingerprint density at radius 2 is 2.00 bits per heavy atom. The van der Waals surface area contributed by atoms with E-state index < -0.39 is 0 Å². The molecule has 3 heteroatoms. The molecule has 1 aliphatic rings. The molecule has 1 heterocycles. The van der Waals surface area contributed by atoms with Crippen molar-refractivity contribution in [3.05, 3.63) is 29.3 Å². The van der Waals surface area contributed by atoms with Gasteiger partial charge in [-0.1, -0.05) is 12.1 Å². The van der Waals surface area contributed by atoms with Crippen LogP contribution in [0.4, 0.5) is 5.69 Å². The lowest BCUT2D eigenvalue weighted by atomic mass is 9.86. The molecule has 3 nitrogen and oxygen atoms in total. The summed E-state index contributed by atoms with van der Waals surface area (Å²) >= 11 is 0. The monoisotopic (exact) mass is 218 g/mol. The minimum Gasteiger partial charge on any atom is -0.322 e. The molecule has 0 radical (unpaired) electrons. The van der Waals surface area contributed by atoms with Crippen LogP contribution >= 0.6 is 0 Å². The molecular formula is C13H18N2O. The van der Waals surface area contributed by atoms with Crippen molar-refractivity contribution in [2.75, 3.05) is 11.9 Å². The van der Waals surface area contributed by atoms with E-state index in [-0.39, 0.29) is 11.4 Å². The standard InChI is InChI=1S/C13H18N2O/c1-13(2,14)10-5-4-6-11-9(10)7-8-12(16)15(11)3/h4-6H,7-8,14H2,1-3H3. The number of rotatable bonds is 1. The van der Waals surface area contributed by atoms with Gasteiger partial charge in [-0.25, -0.2) is 0 Å². The maximum absolute atomic E-state index is 11.6. The summed E-state index contributed by atoms with van der Waals surface area (Å²) in [6.07, 6.45) is 1.38. The predicted molar refractivity (Wildman–Crippen MR) is 65.4 cm³/mol. The Morgan fingerprint density at radius 1 is 1.31 bits per heavy atom. The molecule has 1 aromatic rings. The van der Waals surface area contributed by atoms with Crippen LogP contribution in [0, 0.1) is 0 Å². The lowest BCUT2D eigenvalue weighted by molar-refractivity contribution is -0.118. The SMILES string of the molecule is CN1C(=O)CCc2c1cccc2C(C)(C)N. The van der Waals surface area contributed by atoms with Gasteiger partial charge >= 0.3 is 0 Å². The van der Waals surface area contributed by atoms with Gasteiger partial charge in [0.05, 0.1) is 0 Å². The molecule has 0 atom stereocenters. The molecule has 0 saturated heterocycles. The van der Waals surface area contributed by atoms with Crippen molar-refractivity contribution in [2.45, 2.75) is 32.2 Å². The number of amides is 1. The van der Waals surface area contributed by atoms with Crippen LogP contribution in [0.2, 0.25) is 0 Å². The van der Waals surface area contributed by atoms with Crippen molar-refractivity contribution in [3.63, 3.8) is 0 Å². The second kappa shape index (κ2) is 3.59. The summed E-state index contributed by atoms with van der Waals surface area (Å²) in [5, 5.41) is 0. The summed E-state index contributed by atoms with van der Waals surface area (Å²) in [7, 11) is 1.83. The van der Waals surface area contributed by atoms with Crippen molar-refractivity contribution in [3.8, 4) is 0 Å². The minimum atomic E-state index is -0.355. The number of benzene rings is 1. The van der Waals surface area contributed by atoms with E-state index in [1.807, 2.05) is 33.0 Å². The van der Waals surface area contributed by atoms with E-state index in [9.17, 15) is 4.79 Å². The van der Waals surface area contributed by atoms with Crippen molar-refractivity contribution in [1.82, 2.24) is 0 Å². The molecule has 0 unspecified atom stereocenters. The van der Waals surface area contributed by atoms with Crippen LogP contribution in [0.3, 0.4) is 0 Å². The number of hydrogen-bond acceptors (Lipinski definition) is 2. The average molecular weight is 218 g/mol. The number of anilines is 1. The molecule has 2 N–H and O–H groups in total. The summed E-state index contributed by atoms with van der Waals surface area (Å²) in [6, 6.07) is 6.02. The predicted octanol–water partition coefficient (Wildman–Crippen LogP) is 1.79. The van der Waals surface area contributed by atoms with Crippen LogP contribution in [0.15, 0.2) is 18.2 Å². The first-order valence-corrected chi connectivity index (χ1v) is 5.59. The first kappa shape index (κ1) is 11.1. The largest absolute Gasteiger partial charge is 0.322 e. The van der Waals surface area contributed by atoms with E-state index in [1.165, 1.54) is 5.56 Å². The van der Waals surface area contributed by atoms with E-state index in [4.69, 9.17) is 5.73 Å². The maximum Gasteiger partial charge on any atom is 0.227 e. The number of hydrogen-bond donors (Lipinski definition) is 1. The highest BCUT2D eigenvalue weighted by Crippen LogP contribution is 2.33. The molecule has 86 valence electrons. The van der Waals surface area contributed by atoms with Gasteiger partial charge in [-0.05, 0) is 37.5 Å². The third-order valence-electron chi connectivity index (χ3n) is 3.17. The van der Waals surface area contributed by atoms with Crippen LogP contribution < -0.4 is 10.6 Å². The molecule has 0 bridgehead atoms. The molecular weight excluding hydrogens is 200 g/mol. The van der Waals surface area contributed by atoms with Gasteiger partial charge in [-0.2, -0.15) is 0 Å². The zero-order valence-corrected chi connectivity index (χ0v) is 10.1. The molecule has 1 amide bonds. The van der Waals surface area contributed by atoms with Crippen LogP contribution in [0.1, 0.15) is 31.4 Å².